The molecule has 0 aromatic carbocycles. The van der Waals surface area contributed by atoms with E-state index in [0.29, 0.717) is 25.4 Å². The maximum Gasteiger partial charge on any atom is 0.0822 e. The fourth-order valence-electron chi connectivity index (χ4n) is 2.52. The van der Waals surface area contributed by atoms with Gasteiger partial charge >= 0.3 is 0 Å². The van der Waals surface area contributed by atoms with E-state index in [1.54, 1.807) is 0 Å². The van der Waals surface area contributed by atoms with Crippen LogP contribution in [-0.4, -0.2) is 27.0 Å². The van der Waals surface area contributed by atoms with Gasteiger partial charge in [0.05, 0.1) is 17.3 Å². The summed E-state index contributed by atoms with van der Waals surface area (Å²) in [6.45, 7) is 2.25. The minimum absolute atomic E-state index is 0.291. The average molecular weight is 237 g/mol. The molecule has 3 N–H and O–H groups in total. The summed E-state index contributed by atoms with van der Waals surface area (Å²) >= 11 is 0. The first-order valence-electron chi connectivity index (χ1n) is 6.63. The molecular weight excluding hydrogens is 214 g/mol. The van der Waals surface area contributed by atoms with Gasteiger partial charge in [-0.3, -0.25) is 4.68 Å². The lowest BCUT2D eigenvalue weighted by atomic mass is 9.95. The minimum atomic E-state index is -0.797. The van der Waals surface area contributed by atoms with Crippen LogP contribution in [0, 0.1) is 0 Å². The number of hydrogen-bond donors (Lipinski definition) is 2. The van der Waals surface area contributed by atoms with Crippen molar-refractivity contribution in [2.75, 3.05) is 6.54 Å². The number of aromatic nitrogens is 2. The van der Waals surface area contributed by atoms with Crippen molar-refractivity contribution in [3.05, 3.63) is 18.0 Å². The maximum absolute atomic E-state index is 10.2. The van der Waals surface area contributed by atoms with Gasteiger partial charge in [0.1, 0.15) is 0 Å². The van der Waals surface area contributed by atoms with Gasteiger partial charge in [-0.1, -0.05) is 19.8 Å². The Labute approximate surface area is 103 Å². The van der Waals surface area contributed by atoms with Gasteiger partial charge < -0.3 is 10.8 Å². The molecule has 4 nitrogen and oxygen atoms in total. The molecule has 1 saturated carbocycles. The number of aliphatic hydroxyl groups is 1. The van der Waals surface area contributed by atoms with E-state index in [1.807, 2.05) is 19.2 Å². The Morgan fingerprint density at radius 1 is 1.53 bits per heavy atom. The highest BCUT2D eigenvalue weighted by molar-refractivity contribution is 5.05. The zero-order valence-corrected chi connectivity index (χ0v) is 10.6. The van der Waals surface area contributed by atoms with Crippen LogP contribution in [0.1, 0.15) is 50.8 Å². The van der Waals surface area contributed by atoms with Crippen molar-refractivity contribution < 1.29 is 5.11 Å². The second kappa shape index (κ2) is 5.19. The van der Waals surface area contributed by atoms with Crippen molar-refractivity contribution in [3.63, 3.8) is 0 Å². The van der Waals surface area contributed by atoms with E-state index in [-0.39, 0.29) is 0 Å². The summed E-state index contributed by atoms with van der Waals surface area (Å²) in [6, 6.07) is 2.57. The van der Waals surface area contributed by atoms with Gasteiger partial charge in [-0.25, -0.2) is 0 Å². The number of hydrogen-bond acceptors (Lipinski definition) is 3. The Bertz CT molecular complexity index is 351. The van der Waals surface area contributed by atoms with Crippen LogP contribution in [0.2, 0.25) is 0 Å². The predicted octanol–water partition coefficient (Wildman–Crippen LogP) is 1.64. The number of rotatable bonds is 5. The zero-order valence-electron chi connectivity index (χ0n) is 10.6. The van der Waals surface area contributed by atoms with Crippen LogP contribution < -0.4 is 5.73 Å². The van der Waals surface area contributed by atoms with E-state index in [1.165, 1.54) is 25.7 Å². The molecule has 96 valence electrons. The number of nitrogens with two attached hydrogens (primary N) is 1. The second-order valence-electron chi connectivity index (χ2n) is 5.18. The molecule has 1 aromatic rings. The van der Waals surface area contributed by atoms with Gasteiger partial charge in [-0.05, 0) is 25.3 Å². The van der Waals surface area contributed by atoms with Gasteiger partial charge in [-0.15, -0.1) is 0 Å². The van der Waals surface area contributed by atoms with Crippen molar-refractivity contribution >= 4 is 0 Å². The smallest absolute Gasteiger partial charge is 0.0822 e. The average Bonchev–Trinajstić information content (AvgIpc) is 2.98. The first kappa shape index (κ1) is 12.6. The van der Waals surface area contributed by atoms with Crippen LogP contribution in [0.3, 0.4) is 0 Å². The maximum atomic E-state index is 10.2. The SMILES string of the molecule is CCC(O)(CN)Cc1ccn(C2CCCC2)n1. The standard InChI is InChI=1S/C13H23N3O/c1-2-13(17,10-14)9-11-7-8-16(15-11)12-5-3-4-6-12/h7-8,12,17H,2-6,9-10,14H2,1H3. The normalized spacial score (nSPS) is 20.6. The molecule has 17 heavy (non-hydrogen) atoms. The molecule has 0 bridgehead atoms. The first-order valence-corrected chi connectivity index (χ1v) is 6.63. The lowest BCUT2D eigenvalue weighted by molar-refractivity contribution is 0.0444. The van der Waals surface area contributed by atoms with Crippen molar-refractivity contribution in [1.29, 1.82) is 0 Å². The molecule has 1 aliphatic rings. The highest BCUT2D eigenvalue weighted by Crippen LogP contribution is 2.29. The lowest BCUT2D eigenvalue weighted by Crippen LogP contribution is -2.39. The van der Waals surface area contributed by atoms with Crippen LogP contribution in [0.4, 0.5) is 0 Å². The summed E-state index contributed by atoms with van der Waals surface area (Å²) in [5.41, 5.74) is 5.76. The van der Waals surface area contributed by atoms with Gasteiger partial charge in [0.25, 0.3) is 0 Å². The first-order chi connectivity index (χ1) is 8.17. The molecule has 0 amide bonds. The molecule has 1 atom stereocenters. The Kier molecular flexibility index (Phi) is 3.84. The van der Waals surface area contributed by atoms with Crippen LogP contribution in [-0.2, 0) is 6.42 Å². The van der Waals surface area contributed by atoms with Crippen LogP contribution >= 0.6 is 0 Å². The second-order valence-corrected chi connectivity index (χ2v) is 5.18. The summed E-state index contributed by atoms with van der Waals surface area (Å²) in [7, 11) is 0. The summed E-state index contributed by atoms with van der Waals surface area (Å²) in [5, 5.41) is 14.8. The summed E-state index contributed by atoms with van der Waals surface area (Å²) in [6.07, 6.45) is 8.34. The summed E-state index contributed by atoms with van der Waals surface area (Å²) < 4.78 is 2.06. The molecule has 1 fully saturated rings. The van der Waals surface area contributed by atoms with Crippen LogP contribution in [0.15, 0.2) is 12.3 Å². The van der Waals surface area contributed by atoms with E-state index >= 15 is 0 Å². The van der Waals surface area contributed by atoms with Crippen molar-refractivity contribution in [2.45, 2.75) is 57.1 Å². The van der Waals surface area contributed by atoms with Gasteiger partial charge in [-0.2, -0.15) is 5.10 Å². The fourth-order valence-corrected chi connectivity index (χ4v) is 2.52. The van der Waals surface area contributed by atoms with E-state index in [2.05, 4.69) is 9.78 Å². The van der Waals surface area contributed by atoms with Crippen molar-refractivity contribution in [3.8, 4) is 0 Å². The lowest BCUT2D eigenvalue weighted by Gasteiger charge is -2.23. The minimum Gasteiger partial charge on any atom is -0.388 e. The van der Waals surface area contributed by atoms with Crippen LogP contribution in [0.5, 0.6) is 0 Å². The highest BCUT2D eigenvalue weighted by Gasteiger charge is 2.25. The third-order valence-electron chi connectivity index (χ3n) is 3.91. The van der Waals surface area contributed by atoms with E-state index < -0.39 is 5.60 Å². The Hall–Kier alpha value is -0.870. The van der Waals surface area contributed by atoms with E-state index in [4.69, 9.17) is 5.73 Å². The fraction of sp³-hybridized carbons (Fsp3) is 0.769. The third kappa shape index (κ3) is 2.87. The number of nitrogens with zero attached hydrogens (tertiary/aromatic N) is 2. The molecule has 0 aliphatic heterocycles. The highest BCUT2D eigenvalue weighted by atomic mass is 16.3. The van der Waals surface area contributed by atoms with Crippen molar-refractivity contribution in [1.82, 2.24) is 9.78 Å². The molecule has 0 radical (unpaired) electrons. The van der Waals surface area contributed by atoms with Crippen LogP contribution in [0.25, 0.3) is 0 Å². The molecule has 1 heterocycles. The monoisotopic (exact) mass is 237 g/mol. The van der Waals surface area contributed by atoms with E-state index in [9.17, 15) is 5.11 Å². The Morgan fingerprint density at radius 3 is 2.82 bits per heavy atom. The quantitative estimate of drug-likeness (QED) is 0.818. The Balaban J connectivity index is 2.02. The molecule has 1 aliphatic carbocycles. The zero-order chi connectivity index (χ0) is 12.3. The topological polar surface area (TPSA) is 64.1 Å². The largest absolute Gasteiger partial charge is 0.388 e. The van der Waals surface area contributed by atoms with Gasteiger partial charge in [0.2, 0.25) is 0 Å². The molecule has 1 unspecified atom stereocenters. The molecule has 0 saturated heterocycles. The van der Waals surface area contributed by atoms with Gasteiger partial charge in [0, 0.05) is 19.2 Å². The predicted molar refractivity (Wildman–Crippen MR) is 67.7 cm³/mol. The Morgan fingerprint density at radius 2 is 2.24 bits per heavy atom. The summed E-state index contributed by atoms with van der Waals surface area (Å²) in [5.74, 6) is 0. The van der Waals surface area contributed by atoms with E-state index in [0.717, 1.165) is 5.69 Å². The molecule has 4 heteroatoms. The molecule has 1 aromatic heterocycles. The summed E-state index contributed by atoms with van der Waals surface area (Å²) in [4.78, 5) is 0. The van der Waals surface area contributed by atoms with Gasteiger partial charge in [0.15, 0.2) is 0 Å². The van der Waals surface area contributed by atoms with Crippen molar-refractivity contribution in [2.24, 2.45) is 5.73 Å². The molecule has 0 spiro atoms. The molecule has 2 rings (SSSR count). The molecular formula is C13H23N3O. The third-order valence-corrected chi connectivity index (χ3v) is 3.91.